The molecule has 0 unspecified atom stereocenters. The van der Waals surface area contributed by atoms with E-state index in [0.29, 0.717) is 31.1 Å². The Kier molecular flexibility index (Phi) is 8.20. The lowest BCUT2D eigenvalue weighted by Crippen LogP contribution is -2.66. The number of ether oxygens (including phenoxy) is 2. The molecule has 1 spiro atoms. The lowest BCUT2D eigenvalue weighted by Gasteiger charge is -2.57. The Balaban J connectivity index is 1.87. The normalized spacial score (nSPS) is 21.1. The van der Waals surface area contributed by atoms with Crippen LogP contribution in [0.15, 0.2) is 0 Å². The van der Waals surface area contributed by atoms with E-state index in [1.54, 1.807) is 0 Å². The van der Waals surface area contributed by atoms with Crippen molar-refractivity contribution in [2.45, 2.75) is 110 Å². The van der Waals surface area contributed by atoms with Gasteiger partial charge in [-0.25, -0.2) is 0 Å². The number of hydrogen-bond donors (Lipinski definition) is 2. The third-order valence-corrected chi connectivity index (χ3v) is 6.38. The van der Waals surface area contributed by atoms with Crippen LogP contribution in [0.2, 0.25) is 0 Å². The Morgan fingerprint density at radius 2 is 1.22 bits per heavy atom. The number of aromatic nitrogens is 3. The summed E-state index contributed by atoms with van der Waals surface area (Å²) in [6, 6.07) is 0. The number of nitrogens with zero attached hydrogens (tertiary/aromatic N) is 4. The second-order valence-electron chi connectivity index (χ2n) is 10.5. The first-order chi connectivity index (χ1) is 15.2. The maximum Gasteiger partial charge on any atom is 0.232 e. The maximum absolute atomic E-state index is 6.11. The van der Waals surface area contributed by atoms with Gasteiger partial charge in [0.05, 0.1) is 13.2 Å². The number of nitrogens with one attached hydrogen (secondary N) is 2. The molecule has 182 valence electrons. The van der Waals surface area contributed by atoms with Gasteiger partial charge < -0.3 is 25.0 Å². The van der Waals surface area contributed by atoms with Gasteiger partial charge in [0, 0.05) is 37.0 Å². The van der Waals surface area contributed by atoms with Gasteiger partial charge in [0.25, 0.3) is 0 Å². The largest absolute Gasteiger partial charge is 0.354 e. The lowest BCUT2D eigenvalue weighted by atomic mass is 9.76. The number of hydrogen-bond acceptors (Lipinski definition) is 8. The van der Waals surface area contributed by atoms with E-state index in [9.17, 15) is 0 Å². The third kappa shape index (κ3) is 6.01. The van der Waals surface area contributed by atoms with Gasteiger partial charge in [-0.05, 0) is 40.5 Å². The molecule has 8 heteroatoms. The van der Waals surface area contributed by atoms with E-state index in [4.69, 9.17) is 19.4 Å². The lowest BCUT2D eigenvalue weighted by molar-refractivity contribution is -0.198. The zero-order valence-corrected chi connectivity index (χ0v) is 21.1. The summed E-state index contributed by atoms with van der Waals surface area (Å²) in [5, 5.41) is 6.85. The molecule has 2 saturated heterocycles. The minimum Gasteiger partial charge on any atom is -0.354 e. The molecule has 0 amide bonds. The Morgan fingerprint density at radius 1 is 0.750 bits per heavy atom. The molecular formula is C24H44N6O2. The van der Waals surface area contributed by atoms with Gasteiger partial charge in [-0.2, -0.15) is 15.0 Å². The van der Waals surface area contributed by atoms with Crippen LogP contribution in [0.4, 0.5) is 17.8 Å². The molecule has 0 bridgehead atoms. The second kappa shape index (κ2) is 10.5. The Labute approximate surface area is 194 Å². The molecule has 2 N–H and O–H groups in total. The SMILES string of the molecule is CCCCCNc1nc(NCCCCC)nc(N2C(C)(C)CC3(CC2(C)C)OCCO3)n1. The zero-order chi connectivity index (χ0) is 23.2. The van der Waals surface area contributed by atoms with Gasteiger partial charge in [0.2, 0.25) is 17.8 Å². The fourth-order valence-electron chi connectivity index (χ4n) is 5.37. The highest BCUT2D eigenvalue weighted by Gasteiger charge is 2.56. The van der Waals surface area contributed by atoms with Gasteiger partial charge >= 0.3 is 0 Å². The van der Waals surface area contributed by atoms with Crippen molar-refractivity contribution in [3.8, 4) is 0 Å². The standard InChI is InChI=1S/C24H44N6O2/c1-7-9-11-13-25-19-27-20(26-14-12-10-8-2)29-21(28-19)30-22(3,4)17-24(18-23(30,5)6)31-15-16-32-24/h7-18H2,1-6H3,(H2,25,26,27,28,29). The van der Waals surface area contributed by atoms with Crippen molar-refractivity contribution in [1.29, 1.82) is 0 Å². The van der Waals surface area contributed by atoms with Gasteiger partial charge in [0.15, 0.2) is 5.79 Å². The minimum absolute atomic E-state index is 0.244. The predicted molar refractivity (Wildman–Crippen MR) is 130 cm³/mol. The molecule has 3 heterocycles. The summed E-state index contributed by atoms with van der Waals surface area (Å²) in [4.78, 5) is 16.8. The molecule has 2 aliphatic heterocycles. The minimum atomic E-state index is -0.515. The number of rotatable bonds is 11. The van der Waals surface area contributed by atoms with Crippen LogP contribution >= 0.6 is 0 Å². The summed E-state index contributed by atoms with van der Waals surface area (Å²) in [6.07, 6.45) is 8.53. The maximum atomic E-state index is 6.11. The van der Waals surface area contributed by atoms with Crippen LogP contribution in [0, 0.1) is 0 Å². The summed E-state index contributed by atoms with van der Waals surface area (Å²) in [7, 11) is 0. The van der Waals surface area contributed by atoms with E-state index in [1.165, 1.54) is 25.7 Å². The van der Waals surface area contributed by atoms with Crippen molar-refractivity contribution in [3.05, 3.63) is 0 Å². The van der Waals surface area contributed by atoms with Crippen LogP contribution in [0.5, 0.6) is 0 Å². The van der Waals surface area contributed by atoms with Crippen LogP contribution in [0.1, 0.15) is 92.9 Å². The summed E-state index contributed by atoms with van der Waals surface area (Å²) in [6.45, 7) is 16.4. The van der Waals surface area contributed by atoms with E-state index in [1.807, 2.05) is 0 Å². The smallest absolute Gasteiger partial charge is 0.232 e. The summed E-state index contributed by atoms with van der Waals surface area (Å²) in [5.74, 6) is 1.48. The first kappa shape index (κ1) is 25.0. The summed E-state index contributed by atoms with van der Waals surface area (Å²) >= 11 is 0. The van der Waals surface area contributed by atoms with E-state index >= 15 is 0 Å². The molecule has 3 rings (SSSR count). The summed E-state index contributed by atoms with van der Waals surface area (Å²) in [5.41, 5.74) is -0.487. The van der Waals surface area contributed by atoms with Crippen LogP contribution in [0.25, 0.3) is 0 Å². The molecule has 32 heavy (non-hydrogen) atoms. The molecule has 0 radical (unpaired) electrons. The van der Waals surface area contributed by atoms with Crippen molar-refractivity contribution < 1.29 is 9.47 Å². The highest BCUT2D eigenvalue weighted by molar-refractivity contribution is 5.48. The van der Waals surface area contributed by atoms with Gasteiger partial charge in [-0.1, -0.05) is 39.5 Å². The topological polar surface area (TPSA) is 84.4 Å². The van der Waals surface area contributed by atoms with Gasteiger partial charge in [-0.15, -0.1) is 0 Å². The molecule has 1 aromatic rings. The van der Waals surface area contributed by atoms with Crippen LogP contribution < -0.4 is 15.5 Å². The fraction of sp³-hybridized carbons (Fsp3) is 0.875. The monoisotopic (exact) mass is 448 g/mol. The molecule has 2 aliphatic rings. The van der Waals surface area contributed by atoms with E-state index in [0.717, 1.165) is 38.8 Å². The van der Waals surface area contributed by atoms with Crippen LogP contribution in [-0.4, -0.2) is 58.1 Å². The number of anilines is 3. The molecule has 0 aliphatic carbocycles. The molecule has 8 nitrogen and oxygen atoms in total. The Bertz CT molecular complexity index is 683. The van der Waals surface area contributed by atoms with Crippen molar-refractivity contribution >= 4 is 17.8 Å². The molecular weight excluding hydrogens is 404 g/mol. The van der Waals surface area contributed by atoms with Crippen LogP contribution in [0.3, 0.4) is 0 Å². The third-order valence-electron chi connectivity index (χ3n) is 6.38. The Hall–Kier alpha value is -1.67. The number of piperidine rings is 1. The predicted octanol–water partition coefficient (Wildman–Crippen LogP) is 4.98. The first-order valence-corrected chi connectivity index (χ1v) is 12.5. The van der Waals surface area contributed by atoms with Crippen molar-refractivity contribution in [2.24, 2.45) is 0 Å². The van der Waals surface area contributed by atoms with E-state index in [-0.39, 0.29) is 11.1 Å². The molecule has 2 fully saturated rings. The fourth-order valence-corrected chi connectivity index (χ4v) is 5.37. The first-order valence-electron chi connectivity index (χ1n) is 12.5. The Morgan fingerprint density at radius 3 is 1.66 bits per heavy atom. The van der Waals surface area contributed by atoms with Crippen LogP contribution in [-0.2, 0) is 9.47 Å². The quantitative estimate of drug-likeness (QED) is 0.459. The van der Waals surface area contributed by atoms with E-state index in [2.05, 4.69) is 62.1 Å². The number of unbranched alkanes of at least 4 members (excludes halogenated alkanes) is 4. The van der Waals surface area contributed by atoms with Gasteiger partial charge in [-0.3, -0.25) is 0 Å². The van der Waals surface area contributed by atoms with E-state index < -0.39 is 5.79 Å². The molecule has 0 saturated carbocycles. The molecule has 0 atom stereocenters. The molecule has 1 aromatic heterocycles. The summed E-state index contributed by atoms with van der Waals surface area (Å²) < 4.78 is 12.2. The highest BCUT2D eigenvalue weighted by atomic mass is 16.7. The average molecular weight is 449 g/mol. The average Bonchev–Trinajstić information content (AvgIpc) is 3.13. The second-order valence-corrected chi connectivity index (χ2v) is 10.5. The highest BCUT2D eigenvalue weighted by Crippen LogP contribution is 2.48. The van der Waals surface area contributed by atoms with Crippen molar-refractivity contribution in [1.82, 2.24) is 15.0 Å². The van der Waals surface area contributed by atoms with Gasteiger partial charge in [0.1, 0.15) is 0 Å². The zero-order valence-electron chi connectivity index (χ0n) is 21.1. The molecule has 0 aromatic carbocycles. The van der Waals surface area contributed by atoms with Crippen molar-refractivity contribution in [3.63, 3.8) is 0 Å². The van der Waals surface area contributed by atoms with Crippen molar-refractivity contribution in [2.75, 3.05) is 41.8 Å².